The number of benzene rings is 1. The molecular weight excluding hydrogens is 459 g/mol. The van der Waals surface area contributed by atoms with Crippen molar-refractivity contribution in [1.29, 1.82) is 0 Å². The minimum absolute atomic E-state index is 0.0413. The second-order valence-corrected chi connectivity index (χ2v) is 7.87. The van der Waals surface area contributed by atoms with Crippen molar-refractivity contribution in [3.05, 3.63) is 47.7 Å². The van der Waals surface area contributed by atoms with Crippen molar-refractivity contribution in [3.63, 3.8) is 0 Å². The fraction of sp³-hybridized carbons (Fsp3) is 0.409. The summed E-state index contributed by atoms with van der Waals surface area (Å²) in [6.07, 6.45) is -4.21. The number of aromatic nitrogens is 1. The highest BCUT2D eigenvalue weighted by atomic mass is 19.4. The van der Waals surface area contributed by atoms with E-state index in [0.29, 0.717) is 5.56 Å². The maximum absolute atomic E-state index is 12.9. The number of nitrogens with zero attached hydrogens (tertiary/aromatic N) is 2. The number of esters is 1. The van der Waals surface area contributed by atoms with Crippen LogP contribution in [0.1, 0.15) is 22.8 Å². The van der Waals surface area contributed by atoms with E-state index in [1.165, 1.54) is 43.5 Å². The number of alkyl halides is 3. The zero-order valence-corrected chi connectivity index (χ0v) is 18.7. The first-order valence-corrected chi connectivity index (χ1v) is 10.1. The predicted octanol–water partition coefficient (Wildman–Crippen LogP) is 2.59. The second kappa shape index (κ2) is 9.75. The molecule has 0 spiro atoms. The van der Waals surface area contributed by atoms with Crippen molar-refractivity contribution in [2.75, 3.05) is 33.0 Å². The molecular formula is C22H24F3N3O6. The first-order valence-electron chi connectivity index (χ1n) is 10.1. The van der Waals surface area contributed by atoms with Gasteiger partial charge in [-0.05, 0) is 24.6 Å². The average Bonchev–Trinajstić information content (AvgIpc) is 3.12. The third-order valence-electron chi connectivity index (χ3n) is 5.48. The van der Waals surface area contributed by atoms with Crippen LogP contribution in [-0.2, 0) is 20.7 Å². The Morgan fingerprint density at radius 3 is 2.50 bits per heavy atom. The van der Waals surface area contributed by atoms with Crippen LogP contribution in [0.3, 0.4) is 0 Å². The molecule has 3 rings (SSSR count). The summed E-state index contributed by atoms with van der Waals surface area (Å²) in [6.45, 7) is 2.12. The molecule has 1 fully saturated rings. The average molecular weight is 483 g/mol. The molecule has 2 N–H and O–H groups in total. The zero-order chi connectivity index (χ0) is 25.1. The highest BCUT2D eigenvalue weighted by Gasteiger charge is 2.47. The Morgan fingerprint density at radius 1 is 1.24 bits per heavy atom. The number of likely N-dealkylation sites (tertiary alicyclic amines) is 1. The number of nitrogen functional groups attached to an aromatic ring is 1. The molecule has 0 radical (unpaired) electrons. The van der Waals surface area contributed by atoms with E-state index in [0.717, 1.165) is 12.1 Å². The number of anilines is 1. The minimum atomic E-state index is -4.79. The van der Waals surface area contributed by atoms with Crippen molar-refractivity contribution in [2.24, 2.45) is 0 Å². The number of carbonyl (C=O) groups excluding carboxylic acids is 2. The monoisotopic (exact) mass is 483 g/mol. The summed E-state index contributed by atoms with van der Waals surface area (Å²) in [5.74, 6) is -1.05. The molecule has 2 atom stereocenters. The van der Waals surface area contributed by atoms with Gasteiger partial charge >= 0.3 is 12.3 Å². The summed E-state index contributed by atoms with van der Waals surface area (Å²) in [7, 11) is 2.72. The van der Waals surface area contributed by atoms with Gasteiger partial charge in [0.15, 0.2) is 11.6 Å². The predicted molar refractivity (Wildman–Crippen MR) is 113 cm³/mol. The standard InChI is InChI=1S/C22H24F3N3O6/c1-21(32-3)12-28(18(29)8-13-4-6-15(7-5-13)34-22(23,24)25)11-17(21)33-16-9-14(20(30)31-2)10-27-19(16)26/h4-7,9-10,17H,8,11-12H2,1-3H3,(H2,26,27). The number of hydrogen-bond acceptors (Lipinski definition) is 8. The van der Waals surface area contributed by atoms with Gasteiger partial charge in [0.25, 0.3) is 0 Å². The highest BCUT2D eigenvalue weighted by molar-refractivity contribution is 5.89. The lowest BCUT2D eigenvalue weighted by atomic mass is 10.0. The molecule has 0 aliphatic carbocycles. The van der Waals surface area contributed by atoms with Crippen molar-refractivity contribution >= 4 is 17.7 Å². The van der Waals surface area contributed by atoms with Gasteiger partial charge in [-0.1, -0.05) is 12.1 Å². The van der Waals surface area contributed by atoms with Crippen molar-refractivity contribution in [1.82, 2.24) is 9.88 Å². The van der Waals surface area contributed by atoms with Gasteiger partial charge in [-0.25, -0.2) is 9.78 Å². The Balaban J connectivity index is 1.70. The van der Waals surface area contributed by atoms with Crippen LogP contribution in [0.2, 0.25) is 0 Å². The number of ether oxygens (including phenoxy) is 4. The van der Waals surface area contributed by atoms with Crippen LogP contribution in [0.4, 0.5) is 19.0 Å². The van der Waals surface area contributed by atoms with Gasteiger partial charge in [-0.3, -0.25) is 4.79 Å². The fourth-order valence-corrected chi connectivity index (χ4v) is 3.51. The van der Waals surface area contributed by atoms with Crippen LogP contribution in [0.25, 0.3) is 0 Å². The molecule has 9 nitrogen and oxygen atoms in total. The Kier molecular flexibility index (Phi) is 7.20. The second-order valence-electron chi connectivity index (χ2n) is 7.87. The third-order valence-corrected chi connectivity index (χ3v) is 5.48. The number of pyridine rings is 1. The largest absolute Gasteiger partial charge is 0.573 e. The van der Waals surface area contributed by atoms with Crippen LogP contribution >= 0.6 is 0 Å². The first kappa shape index (κ1) is 25.1. The molecule has 1 aromatic heterocycles. The molecule has 1 aliphatic heterocycles. The first-order chi connectivity index (χ1) is 15.9. The van der Waals surface area contributed by atoms with E-state index in [1.54, 1.807) is 6.92 Å². The maximum atomic E-state index is 12.9. The molecule has 2 heterocycles. The lowest BCUT2D eigenvalue weighted by Crippen LogP contribution is -2.44. The van der Waals surface area contributed by atoms with Gasteiger partial charge in [0.1, 0.15) is 17.5 Å². The number of nitrogens with two attached hydrogens (primary N) is 1. The van der Waals surface area contributed by atoms with Crippen LogP contribution in [0.5, 0.6) is 11.5 Å². The van der Waals surface area contributed by atoms with E-state index in [-0.39, 0.29) is 48.3 Å². The topological polar surface area (TPSA) is 113 Å². The lowest BCUT2D eigenvalue weighted by Gasteiger charge is -2.29. The number of methoxy groups -OCH3 is 2. The van der Waals surface area contributed by atoms with E-state index in [9.17, 15) is 22.8 Å². The van der Waals surface area contributed by atoms with Gasteiger partial charge in [0.2, 0.25) is 5.91 Å². The Hall–Kier alpha value is -3.54. The smallest absolute Gasteiger partial charge is 0.482 e. The fourth-order valence-electron chi connectivity index (χ4n) is 3.51. The summed E-state index contributed by atoms with van der Waals surface area (Å²) >= 11 is 0. The molecule has 34 heavy (non-hydrogen) atoms. The van der Waals surface area contributed by atoms with Gasteiger partial charge in [0, 0.05) is 19.4 Å². The zero-order valence-electron chi connectivity index (χ0n) is 18.7. The Morgan fingerprint density at radius 2 is 1.91 bits per heavy atom. The molecule has 0 bridgehead atoms. The van der Waals surface area contributed by atoms with Gasteiger partial charge in [0.05, 0.1) is 32.2 Å². The number of hydrogen-bond donors (Lipinski definition) is 1. The summed E-state index contributed by atoms with van der Waals surface area (Å²) in [5.41, 5.74) is 5.66. The quantitative estimate of drug-likeness (QED) is 0.598. The van der Waals surface area contributed by atoms with E-state index in [4.69, 9.17) is 15.2 Å². The van der Waals surface area contributed by atoms with Crippen LogP contribution in [0.15, 0.2) is 36.5 Å². The van der Waals surface area contributed by atoms with Crippen LogP contribution < -0.4 is 15.2 Å². The molecule has 12 heteroatoms. The number of rotatable bonds is 7. The van der Waals surface area contributed by atoms with E-state index in [1.807, 2.05) is 0 Å². The molecule has 1 amide bonds. The molecule has 2 aromatic rings. The van der Waals surface area contributed by atoms with Crippen LogP contribution in [0, 0.1) is 0 Å². The van der Waals surface area contributed by atoms with Crippen LogP contribution in [-0.4, -0.2) is 67.1 Å². The maximum Gasteiger partial charge on any atom is 0.573 e. The molecule has 1 saturated heterocycles. The summed E-state index contributed by atoms with van der Waals surface area (Å²) in [6, 6.07) is 6.48. The summed E-state index contributed by atoms with van der Waals surface area (Å²) in [5, 5.41) is 0. The lowest BCUT2D eigenvalue weighted by molar-refractivity contribution is -0.274. The number of amides is 1. The van der Waals surface area contributed by atoms with Crippen molar-refractivity contribution < 1.29 is 41.7 Å². The normalized spacial score (nSPS) is 20.2. The molecule has 184 valence electrons. The molecule has 1 aromatic carbocycles. The van der Waals surface area contributed by atoms with E-state index in [2.05, 4.69) is 14.5 Å². The SMILES string of the molecule is COC(=O)c1cnc(N)c(OC2CN(C(=O)Cc3ccc(OC(F)(F)F)cc3)CC2(C)OC)c1. The van der Waals surface area contributed by atoms with Gasteiger partial charge < -0.3 is 29.6 Å². The van der Waals surface area contributed by atoms with E-state index >= 15 is 0 Å². The number of halogens is 3. The molecule has 1 aliphatic rings. The summed E-state index contributed by atoms with van der Waals surface area (Å²) in [4.78, 5) is 30.2. The van der Waals surface area contributed by atoms with Crippen molar-refractivity contribution in [2.45, 2.75) is 31.4 Å². The van der Waals surface area contributed by atoms with Gasteiger partial charge in [-0.15, -0.1) is 13.2 Å². The Bertz CT molecular complexity index is 1050. The number of carbonyl (C=O) groups is 2. The molecule has 2 unspecified atom stereocenters. The summed E-state index contributed by atoms with van der Waals surface area (Å²) < 4.78 is 57.1. The molecule has 0 saturated carbocycles. The van der Waals surface area contributed by atoms with Gasteiger partial charge in [-0.2, -0.15) is 0 Å². The highest BCUT2D eigenvalue weighted by Crippen LogP contribution is 2.32. The van der Waals surface area contributed by atoms with E-state index < -0.39 is 24.0 Å². The van der Waals surface area contributed by atoms with Crippen molar-refractivity contribution in [3.8, 4) is 11.5 Å². The Labute approximate surface area is 193 Å². The third kappa shape index (κ3) is 5.87. The minimum Gasteiger partial charge on any atom is -0.482 e.